The molecule has 0 aliphatic carbocycles. The van der Waals surface area contributed by atoms with E-state index in [4.69, 9.17) is 15.9 Å². The third-order valence-electron chi connectivity index (χ3n) is 5.45. The molecule has 2 rings (SSSR count). The van der Waals surface area contributed by atoms with Gasteiger partial charge in [-0.3, -0.25) is 0 Å². The van der Waals surface area contributed by atoms with Gasteiger partial charge in [-0.05, 0) is 43.5 Å². The third-order valence-corrected chi connectivity index (χ3v) is 5.45. The van der Waals surface area contributed by atoms with Gasteiger partial charge in [-0.2, -0.15) is 10.1 Å². The number of unbranched alkanes of at least 4 members (excludes halogenated alkanes) is 8. The lowest BCUT2D eigenvalue weighted by molar-refractivity contribution is 0.174. The van der Waals surface area contributed by atoms with Gasteiger partial charge < -0.3 is 9.47 Å². The van der Waals surface area contributed by atoms with Crippen LogP contribution in [0, 0.1) is 12.3 Å². The Balaban J connectivity index is 1.85. The maximum absolute atomic E-state index is 5.97. The summed E-state index contributed by atoms with van der Waals surface area (Å²) in [5, 5.41) is 8.13. The summed E-state index contributed by atoms with van der Waals surface area (Å²) in [5.74, 6) is 3.58. The fourth-order valence-electron chi connectivity index (χ4n) is 3.55. The molecule has 0 aliphatic rings. The number of nitrogens with zero attached hydrogens (tertiary/aromatic N) is 3. The second-order valence-corrected chi connectivity index (χ2v) is 8.26. The van der Waals surface area contributed by atoms with Crippen molar-refractivity contribution in [3.63, 3.8) is 0 Å². The van der Waals surface area contributed by atoms with Gasteiger partial charge in [0, 0.05) is 12.0 Å². The lowest BCUT2D eigenvalue weighted by atomic mass is 10.1. The van der Waals surface area contributed by atoms with Crippen LogP contribution in [0.1, 0.15) is 90.9 Å². The van der Waals surface area contributed by atoms with Crippen molar-refractivity contribution in [2.75, 3.05) is 6.61 Å². The van der Waals surface area contributed by atoms with Crippen molar-refractivity contribution in [2.45, 2.75) is 97.0 Å². The molecule has 0 aliphatic heterocycles. The average molecular weight is 438 g/mol. The molecule has 0 amide bonds. The van der Waals surface area contributed by atoms with Gasteiger partial charge in [0.25, 0.3) is 0 Å². The van der Waals surface area contributed by atoms with Crippen LogP contribution in [0.5, 0.6) is 11.8 Å². The summed E-state index contributed by atoms with van der Waals surface area (Å²) in [5.41, 5.74) is 1.68. The topological polar surface area (TPSA) is 57.1 Å². The molecule has 0 fully saturated rings. The van der Waals surface area contributed by atoms with Crippen LogP contribution in [0.2, 0.25) is 0 Å². The van der Waals surface area contributed by atoms with Crippen LogP contribution >= 0.6 is 0 Å². The van der Waals surface area contributed by atoms with Gasteiger partial charge in [0.05, 0.1) is 18.5 Å². The Morgan fingerprint density at radius 2 is 1.59 bits per heavy atom. The van der Waals surface area contributed by atoms with E-state index in [-0.39, 0.29) is 12.1 Å². The minimum atomic E-state index is -0.0772. The zero-order chi connectivity index (χ0) is 22.9. The number of hydrogen-bond donors (Lipinski definition) is 0. The van der Waals surface area contributed by atoms with Crippen molar-refractivity contribution in [1.82, 2.24) is 15.2 Å². The average Bonchev–Trinajstić information content (AvgIpc) is 2.82. The highest BCUT2D eigenvalue weighted by atomic mass is 16.5. The molecule has 2 aromatic rings. The van der Waals surface area contributed by atoms with Crippen molar-refractivity contribution in [3.8, 4) is 35.4 Å². The van der Waals surface area contributed by atoms with E-state index in [0.717, 1.165) is 42.9 Å². The van der Waals surface area contributed by atoms with Gasteiger partial charge in [0.15, 0.2) is 0 Å². The maximum atomic E-state index is 5.97. The predicted molar refractivity (Wildman–Crippen MR) is 131 cm³/mol. The summed E-state index contributed by atoms with van der Waals surface area (Å²) < 4.78 is 11.8. The summed E-state index contributed by atoms with van der Waals surface area (Å²) in [4.78, 5) is 4.54. The van der Waals surface area contributed by atoms with Gasteiger partial charge in [-0.15, -0.1) is 12.3 Å². The minimum Gasteiger partial charge on any atom is -0.494 e. The Labute approximate surface area is 194 Å². The fourth-order valence-corrected chi connectivity index (χ4v) is 3.55. The first-order valence-corrected chi connectivity index (χ1v) is 12.3. The summed E-state index contributed by atoms with van der Waals surface area (Å²) in [6, 6.07) is 8.22. The molecule has 0 saturated heterocycles. The number of ether oxygens (including phenoxy) is 2. The number of terminal acetylenes is 1. The summed E-state index contributed by atoms with van der Waals surface area (Å²) in [6.07, 6.45) is 20.8. The van der Waals surface area contributed by atoms with Gasteiger partial charge in [0.2, 0.25) is 0 Å². The lowest BCUT2D eigenvalue weighted by Crippen LogP contribution is -2.17. The quantitative estimate of drug-likeness (QED) is 0.197. The smallest absolute Gasteiger partial charge is 0.336 e. The molecule has 0 unspecified atom stereocenters. The molecule has 1 atom stereocenters. The monoisotopic (exact) mass is 437 g/mol. The molecule has 174 valence electrons. The summed E-state index contributed by atoms with van der Waals surface area (Å²) >= 11 is 0. The normalized spacial score (nSPS) is 11.7. The van der Waals surface area contributed by atoms with E-state index in [1.165, 1.54) is 51.4 Å². The second kappa shape index (κ2) is 16.1. The van der Waals surface area contributed by atoms with E-state index in [2.05, 4.69) is 34.9 Å². The van der Waals surface area contributed by atoms with Crippen molar-refractivity contribution >= 4 is 0 Å². The van der Waals surface area contributed by atoms with E-state index in [0.29, 0.717) is 6.42 Å². The van der Waals surface area contributed by atoms with Crippen molar-refractivity contribution in [1.29, 1.82) is 0 Å². The van der Waals surface area contributed by atoms with Crippen LogP contribution in [0.3, 0.4) is 0 Å². The number of hydrogen-bond acceptors (Lipinski definition) is 5. The zero-order valence-electron chi connectivity index (χ0n) is 19.9. The van der Waals surface area contributed by atoms with Crippen molar-refractivity contribution in [2.24, 2.45) is 0 Å². The van der Waals surface area contributed by atoms with E-state index in [9.17, 15) is 0 Å². The molecule has 0 radical (unpaired) electrons. The van der Waals surface area contributed by atoms with Gasteiger partial charge in [-0.1, -0.05) is 70.3 Å². The fraction of sp³-hybridized carbons (Fsp3) is 0.593. The number of aromatic nitrogens is 3. The van der Waals surface area contributed by atoms with E-state index in [1.807, 2.05) is 24.3 Å². The van der Waals surface area contributed by atoms with Crippen molar-refractivity contribution < 1.29 is 9.47 Å². The van der Waals surface area contributed by atoms with Crippen LogP contribution in [0.4, 0.5) is 0 Å². The molecule has 0 N–H and O–H groups in total. The molecule has 32 heavy (non-hydrogen) atoms. The molecule has 0 spiro atoms. The zero-order valence-corrected chi connectivity index (χ0v) is 19.9. The highest BCUT2D eigenvalue weighted by Crippen LogP contribution is 2.22. The van der Waals surface area contributed by atoms with E-state index in [1.54, 1.807) is 6.20 Å². The largest absolute Gasteiger partial charge is 0.494 e. The number of benzene rings is 1. The SMILES string of the molecule is C#CC[C@@H](CCCCCC)Oc1nncc(-c2ccc(OCCCCCCCC)cc2)n1. The highest BCUT2D eigenvalue weighted by Gasteiger charge is 2.13. The molecule has 5 heteroatoms. The van der Waals surface area contributed by atoms with Crippen LogP contribution < -0.4 is 9.47 Å². The Morgan fingerprint density at radius 3 is 2.31 bits per heavy atom. The predicted octanol–water partition coefficient (Wildman–Crippen LogP) is 7.02. The third kappa shape index (κ3) is 10.1. The first kappa shape index (κ1) is 25.6. The molecular weight excluding hydrogens is 398 g/mol. The molecule has 0 saturated carbocycles. The molecule has 0 bridgehead atoms. The first-order chi connectivity index (χ1) is 15.8. The van der Waals surface area contributed by atoms with Gasteiger partial charge in [0.1, 0.15) is 11.9 Å². The van der Waals surface area contributed by atoms with Crippen LogP contribution in [-0.2, 0) is 0 Å². The Kier molecular flexibility index (Phi) is 12.9. The van der Waals surface area contributed by atoms with E-state index < -0.39 is 0 Å². The van der Waals surface area contributed by atoms with Crippen molar-refractivity contribution in [3.05, 3.63) is 30.5 Å². The Bertz CT molecular complexity index is 786. The Morgan fingerprint density at radius 1 is 0.906 bits per heavy atom. The lowest BCUT2D eigenvalue weighted by Gasteiger charge is -2.15. The van der Waals surface area contributed by atoms with E-state index >= 15 is 0 Å². The molecule has 1 aromatic heterocycles. The molecule has 5 nitrogen and oxygen atoms in total. The highest BCUT2D eigenvalue weighted by molar-refractivity contribution is 5.59. The summed E-state index contributed by atoms with van der Waals surface area (Å²) in [7, 11) is 0. The molecule has 1 aromatic carbocycles. The minimum absolute atomic E-state index is 0.0772. The summed E-state index contributed by atoms with van der Waals surface area (Å²) in [6.45, 7) is 5.20. The second-order valence-electron chi connectivity index (χ2n) is 8.26. The molecular formula is C27H39N3O2. The molecule has 1 heterocycles. The van der Waals surface area contributed by atoms with Crippen LogP contribution in [0.15, 0.2) is 30.5 Å². The first-order valence-electron chi connectivity index (χ1n) is 12.3. The van der Waals surface area contributed by atoms with Gasteiger partial charge >= 0.3 is 6.01 Å². The number of rotatable bonds is 17. The Hall–Kier alpha value is -2.61. The standard InChI is InChI=1S/C27H39N3O2/c1-4-7-9-11-12-14-21-31-24-19-17-23(18-20-24)26-22-28-30-27(29-26)32-25(15-6-3)16-13-10-8-5-2/h3,17-20,22,25H,4-5,7-16,21H2,1-2H3/t25-/m0/s1. The van der Waals surface area contributed by atoms with Crippen LogP contribution in [-0.4, -0.2) is 27.9 Å². The maximum Gasteiger partial charge on any atom is 0.336 e. The van der Waals surface area contributed by atoms with Gasteiger partial charge in [-0.25, -0.2) is 0 Å². The van der Waals surface area contributed by atoms with Crippen LogP contribution in [0.25, 0.3) is 11.3 Å².